The highest BCUT2D eigenvalue weighted by Gasteiger charge is 2.52. The first-order chi connectivity index (χ1) is 27.8. The molecule has 0 aliphatic heterocycles. The van der Waals surface area contributed by atoms with E-state index in [-0.39, 0.29) is 0 Å². The molecule has 260 valence electrons. The van der Waals surface area contributed by atoms with Gasteiger partial charge >= 0.3 is 0 Å². The van der Waals surface area contributed by atoms with Crippen LogP contribution in [0.5, 0.6) is 0 Å². The summed E-state index contributed by atoms with van der Waals surface area (Å²) in [5.74, 6) is 0. The molecule has 2 aliphatic rings. The molecule has 12 rings (SSSR count). The fourth-order valence-corrected chi connectivity index (χ4v) is 9.79. The van der Waals surface area contributed by atoms with Crippen molar-refractivity contribution in [1.29, 1.82) is 0 Å². The summed E-state index contributed by atoms with van der Waals surface area (Å²) in [6.45, 7) is 0. The summed E-state index contributed by atoms with van der Waals surface area (Å²) in [5, 5.41) is 2.26. The van der Waals surface area contributed by atoms with Crippen LogP contribution in [0, 0.1) is 0 Å². The Morgan fingerprint density at radius 3 is 1.68 bits per heavy atom. The third-order valence-electron chi connectivity index (χ3n) is 12.1. The first kappa shape index (κ1) is 31.1. The summed E-state index contributed by atoms with van der Waals surface area (Å²) in [7, 11) is 0. The Bertz CT molecular complexity index is 3160. The number of para-hydroxylation sites is 2. The van der Waals surface area contributed by atoms with Crippen LogP contribution in [0.25, 0.3) is 89.0 Å². The summed E-state index contributed by atoms with van der Waals surface area (Å²) < 4.78 is 6.48. The van der Waals surface area contributed by atoms with E-state index in [2.05, 4.69) is 188 Å². The van der Waals surface area contributed by atoms with Crippen LogP contribution in [-0.4, -0.2) is 4.98 Å². The Labute approximate surface area is 325 Å². The second kappa shape index (κ2) is 11.9. The van der Waals surface area contributed by atoms with Crippen LogP contribution in [0.4, 0.5) is 0 Å². The van der Waals surface area contributed by atoms with E-state index in [9.17, 15) is 0 Å². The van der Waals surface area contributed by atoms with Crippen molar-refractivity contribution in [2.45, 2.75) is 5.41 Å². The van der Waals surface area contributed by atoms with E-state index < -0.39 is 5.41 Å². The quantitative estimate of drug-likeness (QED) is 0.182. The van der Waals surface area contributed by atoms with Gasteiger partial charge in [-0.1, -0.05) is 176 Å². The highest BCUT2D eigenvalue weighted by molar-refractivity contribution is 6.09. The molecule has 0 N–H and O–H groups in total. The van der Waals surface area contributed by atoms with Gasteiger partial charge in [0.05, 0.1) is 16.8 Å². The van der Waals surface area contributed by atoms with Crippen LogP contribution in [0.3, 0.4) is 0 Å². The van der Waals surface area contributed by atoms with Gasteiger partial charge in [-0.15, -0.1) is 0 Å². The zero-order valence-electron chi connectivity index (χ0n) is 30.4. The molecule has 2 aliphatic carbocycles. The summed E-state index contributed by atoms with van der Waals surface area (Å²) in [6.07, 6.45) is 0. The Kier molecular flexibility index (Phi) is 6.58. The maximum absolute atomic E-state index is 6.48. The lowest BCUT2D eigenvalue weighted by Gasteiger charge is -2.30. The number of benzene rings is 8. The molecule has 1 spiro atoms. The Balaban J connectivity index is 1.09. The van der Waals surface area contributed by atoms with Crippen LogP contribution in [-0.2, 0) is 5.41 Å². The van der Waals surface area contributed by atoms with Gasteiger partial charge in [0.25, 0.3) is 0 Å². The number of nitrogens with zero attached hydrogens (tertiary/aromatic N) is 1. The second-order valence-corrected chi connectivity index (χ2v) is 15.0. The van der Waals surface area contributed by atoms with Gasteiger partial charge in [0.2, 0.25) is 0 Å². The van der Waals surface area contributed by atoms with Gasteiger partial charge in [-0.25, -0.2) is 4.98 Å². The molecule has 0 atom stereocenters. The highest BCUT2D eigenvalue weighted by Crippen LogP contribution is 2.64. The normalized spacial score (nSPS) is 13.1. The molecule has 0 saturated heterocycles. The van der Waals surface area contributed by atoms with E-state index in [1.54, 1.807) is 0 Å². The van der Waals surface area contributed by atoms with Gasteiger partial charge in [-0.2, -0.15) is 0 Å². The van der Waals surface area contributed by atoms with Crippen molar-refractivity contribution in [1.82, 2.24) is 4.98 Å². The molecule has 2 heteroatoms. The van der Waals surface area contributed by atoms with E-state index in [0.29, 0.717) is 0 Å². The highest BCUT2D eigenvalue weighted by atomic mass is 16.3. The molecule has 0 radical (unpaired) electrons. The van der Waals surface area contributed by atoms with Crippen molar-refractivity contribution >= 4 is 21.9 Å². The fourth-order valence-electron chi connectivity index (χ4n) is 9.79. The third-order valence-corrected chi connectivity index (χ3v) is 12.1. The molecule has 0 unspecified atom stereocenters. The zero-order chi connectivity index (χ0) is 36.8. The molecular weight excluding hydrogens is 679 g/mol. The van der Waals surface area contributed by atoms with E-state index in [1.165, 1.54) is 44.5 Å². The lowest BCUT2D eigenvalue weighted by atomic mass is 9.70. The average Bonchev–Trinajstić information content (AvgIpc) is 3.91. The monoisotopic (exact) mass is 711 g/mol. The van der Waals surface area contributed by atoms with E-state index in [1.807, 2.05) is 12.1 Å². The molecule has 2 heterocycles. The lowest BCUT2D eigenvalue weighted by molar-refractivity contribution is 0.670. The van der Waals surface area contributed by atoms with Crippen LogP contribution in [0.1, 0.15) is 22.3 Å². The van der Waals surface area contributed by atoms with Crippen molar-refractivity contribution in [2.24, 2.45) is 0 Å². The molecule has 0 fully saturated rings. The maximum atomic E-state index is 6.48. The SMILES string of the molecule is c1ccc(-c2cc(-c3cccc(-c4cccc5c4oc4ccccc45)c3)cc(-c3cccc4c3-c3ccccc3C43c4ccccc4-c4ccccc43)n2)cc1. The number of hydrogen-bond donors (Lipinski definition) is 0. The summed E-state index contributed by atoms with van der Waals surface area (Å²) in [6, 6.07) is 72.5. The minimum atomic E-state index is -0.416. The predicted molar refractivity (Wildman–Crippen MR) is 230 cm³/mol. The molecule has 8 aromatic carbocycles. The van der Waals surface area contributed by atoms with Gasteiger partial charge in [0, 0.05) is 27.5 Å². The number of fused-ring (bicyclic) bond motifs is 13. The molecule has 56 heavy (non-hydrogen) atoms. The molecule has 10 aromatic rings. The summed E-state index contributed by atoms with van der Waals surface area (Å²) in [5.41, 5.74) is 20.4. The zero-order valence-corrected chi connectivity index (χ0v) is 30.4. The van der Waals surface area contributed by atoms with Crippen molar-refractivity contribution < 1.29 is 4.42 Å². The van der Waals surface area contributed by atoms with Crippen LogP contribution in [0.15, 0.2) is 205 Å². The van der Waals surface area contributed by atoms with Gasteiger partial charge < -0.3 is 4.42 Å². The van der Waals surface area contributed by atoms with Crippen LogP contribution in [0.2, 0.25) is 0 Å². The molecule has 0 amide bonds. The fraction of sp³-hybridized carbons (Fsp3) is 0.0185. The van der Waals surface area contributed by atoms with E-state index in [0.717, 1.165) is 66.7 Å². The van der Waals surface area contributed by atoms with Crippen LogP contribution < -0.4 is 0 Å². The number of hydrogen-bond acceptors (Lipinski definition) is 2. The maximum Gasteiger partial charge on any atom is 0.143 e. The molecule has 2 aromatic heterocycles. The average molecular weight is 712 g/mol. The summed E-state index contributed by atoms with van der Waals surface area (Å²) in [4.78, 5) is 5.48. The van der Waals surface area contributed by atoms with E-state index >= 15 is 0 Å². The minimum absolute atomic E-state index is 0.416. The first-order valence-electron chi connectivity index (χ1n) is 19.3. The van der Waals surface area contributed by atoms with Crippen LogP contribution >= 0.6 is 0 Å². The van der Waals surface area contributed by atoms with Gasteiger partial charge in [-0.3, -0.25) is 0 Å². The number of pyridine rings is 1. The summed E-state index contributed by atoms with van der Waals surface area (Å²) >= 11 is 0. The number of furan rings is 1. The smallest absolute Gasteiger partial charge is 0.143 e. The van der Waals surface area contributed by atoms with Gasteiger partial charge in [0.15, 0.2) is 0 Å². The Morgan fingerprint density at radius 2 is 0.875 bits per heavy atom. The molecule has 2 nitrogen and oxygen atoms in total. The molecule has 0 bridgehead atoms. The largest absolute Gasteiger partial charge is 0.455 e. The minimum Gasteiger partial charge on any atom is -0.455 e. The standard InChI is InChI=1S/C54H33NO/c1-2-15-34(16-3-1)49-32-37(35-17-12-18-36(31-35)38-23-13-24-42-41-21-7-11-30-51(41)56-53(38)42)33-50(55-49)44-25-14-29-48-52(44)43-22-6-10-28-47(43)54(48)45-26-8-4-19-39(45)40-20-5-9-27-46(40)54/h1-33H. The second-order valence-electron chi connectivity index (χ2n) is 15.0. The Hall–Kier alpha value is -7.29. The number of rotatable bonds is 4. The van der Waals surface area contributed by atoms with Crippen molar-refractivity contribution in [3.8, 4) is 67.0 Å². The lowest BCUT2D eigenvalue weighted by Crippen LogP contribution is -2.25. The van der Waals surface area contributed by atoms with Crippen molar-refractivity contribution in [3.63, 3.8) is 0 Å². The van der Waals surface area contributed by atoms with Gasteiger partial charge in [0.1, 0.15) is 11.2 Å². The molecule has 0 saturated carbocycles. The number of aromatic nitrogens is 1. The van der Waals surface area contributed by atoms with Crippen molar-refractivity contribution in [3.05, 3.63) is 222 Å². The first-order valence-corrected chi connectivity index (χ1v) is 19.3. The molecular formula is C54H33NO. The van der Waals surface area contributed by atoms with Crippen molar-refractivity contribution in [2.75, 3.05) is 0 Å². The van der Waals surface area contributed by atoms with Gasteiger partial charge in [-0.05, 0) is 85.5 Å². The third kappa shape index (κ3) is 4.30. The topological polar surface area (TPSA) is 26.0 Å². The van der Waals surface area contributed by atoms with E-state index in [4.69, 9.17) is 9.40 Å². The Morgan fingerprint density at radius 1 is 0.339 bits per heavy atom. The predicted octanol–water partition coefficient (Wildman–Crippen LogP) is 14.0.